The van der Waals surface area contributed by atoms with Gasteiger partial charge in [-0.05, 0) is 53.6 Å². The largest absolute Gasteiger partial charge is 0.456 e. The SMILES string of the molecule is c1ccc(-c2ccc(-c3nc(-c4cccc5oc6ccccc6c45)nc(-n4c5ccccc5c5c(-n6c7ccccc7c7ccccc76)cccc54)n3)cc2)cc1. The first kappa shape index (κ1) is 31.5. The van der Waals surface area contributed by atoms with E-state index in [1.165, 1.54) is 10.8 Å². The summed E-state index contributed by atoms with van der Waals surface area (Å²) in [6.45, 7) is 0. The van der Waals surface area contributed by atoms with Crippen LogP contribution in [-0.2, 0) is 0 Å². The Kier molecular flexibility index (Phi) is 6.83. The van der Waals surface area contributed by atoms with E-state index in [2.05, 4.69) is 161 Å². The highest BCUT2D eigenvalue weighted by molar-refractivity contribution is 6.16. The average molecular weight is 730 g/mol. The Hall–Kier alpha value is -7.83. The Morgan fingerprint density at radius 3 is 1.63 bits per heavy atom. The summed E-state index contributed by atoms with van der Waals surface area (Å²) in [5, 5.41) is 6.68. The summed E-state index contributed by atoms with van der Waals surface area (Å²) < 4.78 is 10.9. The van der Waals surface area contributed by atoms with Gasteiger partial charge in [0.05, 0.1) is 27.8 Å². The average Bonchev–Trinajstić information content (AvgIpc) is 3.95. The molecule has 0 bridgehead atoms. The molecule has 6 nitrogen and oxygen atoms in total. The summed E-state index contributed by atoms with van der Waals surface area (Å²) in [7, 11) is 0. The van der Waals surface area contributed by atoms with Crippen LogP contribution in [0.5, 0.6) is 0 Å². The van der Waals surface area contributed by atoms with Gasteiger partial charge >= 0.3 is 0 Å². The van der Waals surface area contributed by atoms with Gasteiger partial charge in [-0.2, -0.15) is 9.97 Å². The lowest BCUT2D eigenvalue weighted by Gasteiger charge is -2.13. The summed E-state index contributed by atoms with van der Waals surface area (Å²) in [5.74, 6) is 1.70. The van der Waals surface area contributed by atoms with Gasteiger partial charge in [-0.25, -0.2) is 4.98 Å². The number of nitrogens with zero attached hydrogens (tertiary/aromatic N) is 5. The van der Waals surface area contributed by atoms with E-state index in [1.54, 1.807) is 0 Å². The summed E-state index contributed by atoms with van der Waals surface area (Å²) >= 11 is 0. The molecule has 0 unspecified atom stereocenters. The molecule has 0 saturated heterocycles. The topological polar surface area (TPSA) is 61.7 Å². The van der Waals surface area contributed by atoms with E-state index in [0.717, 1.165) is 82.7 Å². The lowest BCUT2D eigenvalue weighted by molar-refractivity contribution is 0.669. The van der Waals surface area contributed by atoms with Crippen LogP contribution in [0.2, 0.25) is 0 Å². The molecular formula is C51H31N5O. The fraction of sp³-hybridized carbons (Fsp3) is 0. The summed E-state index contributed by atoms with van der Waals surface area (Å²) in [4.78, 5) is 15.9. The maximum absolute atomic E-state index is 6.33. The van der Waals surface area contributed by atoms with Gasteiger partial charge in [0.25, 0.3) is 0 Å². The van der Waals surface area contributed by atoms with Crippen LogP contribution in [0.1, 0.15) is 0 Å². The van der Waals surface area contributed by atoms with Crippen LogP contribution in [0, 0.1) is 0 Å². The summed E-state index contributed by atoms with van der Waals surface area (Å²) in [6, 6.07) is 65.5. The first-order valence-electron chi connectivity index (χ1n) is 19.1. The molecule has 4 aromatic heterocycles. The highest BCUT2D eigenvalue weighted by Gasteiger charge is 2.23. The molecular weight excluding hydrogens is 699 g/mol. The van der Waals surface area contributed by atoms with Crippen LogP contribution < -0.4 is 0 Å². The third-order valence-corrected chi connectivity index (χ3v) is 11.2. The van der Waals surface area contributed by atoms with Crippen molar-refractivity contribution in [2.75, 3.05) is 0 Å². The Morgan fingerprint density at radius 2 is 0.877 bits per heavy atom. The number of hydrogen-bond donors (Lipinski definition) is 0. The third kappa shape index (κ3) is 4.81. The quantitative estimate of drug-likeness (QED) is 0.177. The number of fused-ring (bicyclic) bond motifs is 9. The molecule has 12 aromatic rings. The number of furan rings is 1. The molecule has 12 rings (SSSR count). The molecule has 6 heteroatoms. The maximum atomic E-state index is 6.33. The van der Waals surface area contributed by atoms with E-state index in [0.29, 0.717) is 17.6 Å². The van der Waals surface area contributed by atoms with Crippen LogP contribution in [0.15, 0.2) is 192 Å². The number of para-hydroxylation sites is 4. The molecule has 0 amide bonds. The Morgan fingerprint density at radius 1 is 0.333 bits per heavy atom. The van der Waals surface area contributed by atoms with Crippen LogP contribution >= 0.6 is 0 Å². The molecule has 0 atom stereocenters. The second-order valence-electron chi connectivity index (χ2n) is 14.4. The third-order valence-electron chi connectivity index (χ3n) is 11.2. The second kappa shape index (κ2) is 12.3. The van der Waals surface area contributed by atoms with Crippen molar-refractivity contribution in [3.05, 3.63) is 188 Å². The van der Waals surface area contributed by atoms with Gasteiger partial charge in [-0.15, -0.1) is 0 Å². The van der Waals surface area contributed by atoms with Crippen molar-refractivity contribution in [1.29, 1.82) is 0 Å². The van der Waals surface area contributed by atoms with Crippen molar-refractivity contribution >= 4 is 65.6 Å². The molecule has 0 aliphatic rings. The summed E-state index contributed by atoms with van der Waals surface area (Å²) in [6.07, 6.45) is 0. The van der Waals surface area contributed by atoms with Crippen molar-refractivity contribution in [1.82, 2.24) is 24.1 Å². The molecule has 266 valence electrons. The molecule has 0 radical (unpaired) electrons. The van der Waals surface area contributed by atoms with Crippen LogP contribution in [0.25, 0.3) is 111 Å². The highest BCUT2D eigenvalue weighted by Crippen LogP contribution is 2.41. The van der Waals surface area contributed by atoms with Gasteiger partial charge in [0.15, 0.2) is 11.6 Å². The molecule has 0 aliphatic carbocycles. The van der Waals surface area contributed by atoms with Gasteiger partial charge in [0.2, 0.25) is 5.95 Å². The Balaban J connectivity index is 1.15. The predicted octanol–water partition coefficient (Wildman–Crippen LogP) is 13.0. The van der Waals surface area contributed by atoms with E-state index in [1.807, 2.05) is 36.4 Å². The van der Waals surface area contributed by atoms with E-state index in [9.17, 15) is 0 Å². The van der Waals surface area contributed by atoms with Gasteiger partial charge in [-0.3, -0.25) is 4.57 Å². The molecule has 0 aliphatic heterocycles. The molecule has 0 spiro atoms. The van der Waals surface area contributed by atoms with Crippen LogP contribution in [0.4, 0.5) is 0 Å². The zero-order chi connectivity index (χ0) is 37.5. The minimum atomic E-state index is 0.539. The van der Waals surface area contributed by atoms with Crippen LogP contribution in [-0.4, -0.2) is 24.1 Å². The normalized spacial score (nSPS) is 11.9. The minimum Gasteiger partial charge on any atom is -0.456 e. The van der Waals surface area contributed by atoms with E-state index in [4.69, 9.17) is 19.4 Å². The van der Waals surface area contributed by atoms with Gasteiger partial charge in [0.1, 0.15) is 11.2 Å². The van der Waals surface area contributed by atoms with E-state index >= 15 is 0 Å². The Labute approximate surface area is 326 Å². The molecule has 0 N–H and O–H groups in total. The fourth-order valence-corrected chi connectivity index (χ4v) is 8.70. The highest BCUT2D eigenvalue weighted by atomic mass is 16.3. The smallest absolute Gasteiger partial charge is 0.238 e. The Bertz CT molecular complexity index is 3470. The standard InChI is InChI=1S/C51H31N5O/c1-2-14-32(15-3-1)33-28-30-34(31-29-33)49-52-50(39-20-12-27-46-47(39)38-19-7-11-26-45(38)57-46)54-51(53-49)56-42-23-10-6-18-37(42)48-43(24-13-25-44(48)56)55-40-21-8-4-16-35(40)36-17-5-9-22-41(36)55/h1-31H. The van der Waals surface area contributed by atoms with Crippen molar-refractivity contribution in [2.24, 2.45) is 0 Å². The molecule has 0 saturated carbocycles. The predicted molar refractivity (Wildman–Crippen MR) is 232 cm³/mol. The first-order chi connectivity index (χ1) is 28.3. The van der Waals surface area contributed by atoms with Crippen molar-refractivity contribution in [2.45, 2.75) is 0 Å². The maximum Gasteiger partial charge on any atom is 0.238 e. The zero-order valence-corrected chi connectivity index (χ0v) is 30.5. The van der Waals surface area contributed by atoms with Crippen molar-refractivity contribution < 1.29 is 4.42 Å². The number of aromatic nitrogens is 5. The van der Waals surface area contributed by atoms with E-state index < -0.39 is 0 Å². The first-order valence-corrected chi connectivity index (χ1v) is 19.1. The van der Waals surface area contributed by atoms with Crippen molar-refractivity contribution in [3.8, 4) is 45.5 Å². The monoisotopic (exact) mass is 729 g/mol. The zero-order valence-electron chi connectivity index (χ0n) is 30.5. The van der Waals surface area contributed by atoms with E-state index in [-0.39, 0.29) is 0 Å². The van der Waals surface area contributed by atoms with Crippen molar-refractivity contribution in [3.63, 3.8) is 0 Å². The number of rotatable bonds is 5. The molecule has 4 heterocycles. The fourth-order valence-electron chi connectivity index (χ4n) is 8.70. The lowest BCUT2D eigenvalue weighted by atomic mass is 10.0. The van der Waals surface area contributed by atoms with Gasteiger partial charge in [-0.1, -0.05) is 146 Å². The number of hydrogen-bond acceptors (Lipinski definition) is 4. The second-order valence-corrected chi connectivity index (χ2v) is 14.4. The molecule has 0 fully saturated rings. The van der Waals surface area contributed by atoms with Crippen LogP contribution in [0.3, 0.4) is 0 Å². The molecule has 8 aromatic carbocycles. The number of benzene rings is 8. The molecule has 57 heavy (non-hydrogen) atoms. The minimum absolute atomic E-state index is 0.539. The van der Waals surface area contributed by atoms with Gasteiger partial charge in [0, 0.05) is 43.4 Å². The summed E-state index contributed by atoms with van der Waals surface area (Å²) in [5.41, 5.74) is 11.1. The van der Waals surface area contributed by atoms with Gasteiger partial charge < -0.3 is 8.98 Å². The lowest BCUT2D eigenvalue weighted by Crippen LogP contribution is -2.06.